The maximum atomic E-state index is 7.13. The zero-order chi connectivity index (χ0) is 10.4. The summed E-state index contributed by atoms with van der Waals surface area (Å²) in [4.78, 5) is 0. The first-order valence-corrected chi connectivity index (χ1v) is 5.20. The Morgan fingerprint density at radius 3 is 2.79 bits per heavy atom. The van der Waals surface area contributed by atoms with Crippen molar-refractivity contribution in [2.24, 2.45) is 11.7 Å². The summed E-state index contributed by atoms with van der Waals surface area (Å²) in [6, 6.07) is 0. The smallest absolute Gasteiger partial charge is 0.0931 e. The zero-order valence-corrected chi connectivity index (χ0v) is 8.79. The van der Waals surface area contributed by atoms with E-state index in [4.69, 9.17) is 20.6 Å². The van der Waals surface area contributed by atoms with Crippen LogP contribution in [0.2, 0.25) is 0 Å². The SMILES string of the molecule is CC(CC(=N)N)OCC1CCOCC1. The van der Waals surface area contributed by atoms with Crippen LogP contribution in [0.15, 0.2) is 0 Å². The number of ether oxygens (including phenoxy) is 2. The highest BCUT2D eigenvalue weighted by Gasteiger charge is 2.15. The lowest BCUT2D eigenvalue weighted by Crippen LogP contribution is -2.25. The third kappa shape index (κ3) is 4.58. The zero-order valence-electron chi connectivity index (χ0n) is 8.79. The van der Waals surface area contributed by atoms with Gasteiger partial charge in [-0.05, 0) is 25.7 Å². The van der Waals surface area contributed by atoms with Gasteiger partial charge in [0.25, 0.3) is 0 Å². The van der Waals surface area contributed by atoms with Gasteiger partial charge in [0.05, 0.1) is 11.9 Å². The van der Waals surface area contributed by atoms with E-state index in [2.05, 4.69) is 0 Å². The van der Waals surface area contributed by atoms with E-state index in [0.717, 1.165) is 32.7 Å². The lowest BCUT2D eigenvalue weighted by atomic mass is 10.0. The molecule has 0 aromatic carbocycles. The quantitative estimate of drug-likeness (QED) is 0.516. The molecule has 0 aromatic rings. The van der Waals surface area contributed by atoms with Gasteiger partial charge < -0.3 is 15.2 Å². The summed E-state index contributed by atoms with van der Waals surface area (Å²) >= 11 is 0. The minimum Gasteiger partial charge on any atom is -0.388 e. The van der Waals surface area contributed by atoms with Gasteiger partial charge in [0.2, 0.25) is 0 Å². The van der Waals surface area contributed by atoms with Gasteiger partial charge >= 0.3 is 0 Å². The molecule has 0 aromatic heterocycles. The lowest BCUT2D eigenvalue weighted by Gasteiger charge is -2.23. The minimum absolute atomic E-state index is 0.0651. The van der Waals surface area contributed by atoms with Gasteiger partial charge in [-0.1, -0.05) is 0 Å². The molecule has 1 aliphatic heterocycles. The van der Waals surface area contributed by atoms with E-state index >= 15 is 0 Å². The highest BCUT2D eigenvalue weighted by molar-refractivity contribution is 5.77. The van der Waals surface area contributed by atoms with E-state index in [0.29, 0.717) is 12.3 Å². The molecule has 1 saturated heterocycles. The van der Waals surface area contributed by atoms with Gasteiger partial charge in [-0.3, -0.25) is 5.41 Å². The monoisotopic (exact) mass is 200 g/mol. The van der Waals surface area contributed by atoms with Crippen molar-refractivity contribution in [2.75, 3.05) is 19.8 Å². The molecule has 4 heteroatoms. The van der Waals surface area contributed by atoms with E-state index in [-0.39, 0.29) is 11.9 Å². The molecule has 4 nitrogen and oxygen atoms in total. The molecule has 0 aliphatic carbocycles. The Balaban J connectivity index is 2.09. The Bertz CT molecular complexity index is 179. The van der Waals surface area contributed by atoms with Crippen molar-refractivity contribution in [3.05, 3.63) is 0 Å². The summed E-state index contributed by atoms with van der Waals surface area (Å²) in [5.74, 6) is 0.822. The molecule has 1 fully saturated rings. The van der Waals surface area contributed by atoms with Gasteiger partial charge in [-0.2, -0.15) is 0 Å². The van der Waals surface area contributed by atoms with Crippen LogP contribution in [-0.2, 0) is 9.47 Å². The van der Waals surface area contributed by atoms with Crippen LogP contribution in [0.4, 0.5) is 0 Å². The van der Waals surface area contributed by atoms with E-state index in [1.165, 1.54) is 0 Å². The van der Waals surface area contributed by atoms with Gasteiger partial charge in [0.15, 0.2) is 0 Å². The average molecular weight is 200 g/mol. The topological polar surface area (TPSA) is 68.3 Å². The molecule has 0 spiro atoms. The first kappa shape index (κ1) is 11.5. The van der Waals surface area contributed by atoms with Crippen LogP contribution in [0, 0.1) is 11.3 Å². The van der Waals surface area contributed by atoms with E-state index in [1.807, 2.05) is 6.92 Å². The number of amidine groups is 1. The van der Waals surface area contributed by atoms with E-state index in [1.54, 1.807) is 0 Å². The van der Waals surface area contributed by atoms with Crippen molar-refractivity contribution in [1.82, 2.24) is 0 Å². The summed E-state index contributed by atoms with van der Waals surface area (Å²) in [6.07, 6.45) is 2.78. The molecule has 1 heterocycles. The molecule has 1 rings (SSSR count). The molecule has 82 valence electrons. The fourth-order valence-corrected chi connectivity index (χ4v) is 1.58. The Morgan fingerprint density at radius 2 is 2.21 bits per heavy atom. The number of hydrogen-bond donors (Lipinski definition) is 2. The fourth-order valence-electron chi connectivity index (χ4n) is 1.58. The molecular weight excluding hydrogens is 180 g/mol. The van der Waals surface area contributed by atoms with Gasteiger partial charge in [-0.15, -0.1) is 0 Å². The summed E-state index contributed by atoms with van der Waals surface area (Å²) in [6.45, 7) is 4.45. The maximum absolute atomic E-state index is 7.13. The van der Waals surface area contributed by atoms with Crippen molar-refractivity contribution in [3.63, 3.8) is 0 Å². The molecule has 0 saturated carbocycles. The molecule has 0 amide bonds. The van der Waals surface area contributed by atoms with Crippen molar-refractivity contribution < 1.29 is 9.47 Å². The summed E-state index contributed by atoms with van der Waals surface area (Å²) in [7, 11) is 0. The van der Waals surface area contributed by atoms with Crippen LogP contribution in [-0.4, -0.2) is 31.8 Å². The first-order chi connectivity index (χ1) is 6.68. The van der Waals surface area contributed by atoms with Crippen molar-refractivity contribution >= 4 is 5.84 Å². The van der Waals surface area contributed by atoms with Crippen LogP contribution in [0.25, 0.3) is 0 Å². The average Bonchev–Trinajstić information content (AvgIpc) is 2.15. The normalized spacial score (nSPS) is 20.6. The fraction of sp³-hybridized carbons (Fsp3) is 0.900. The van der Waals surface area contributed by atoms with Gasteiger partial charge in [-0.25, -0.2) is 0 Å². The Kier molecular flexibility index (Phi) is 4.90. The van der Waals surface area contributed by atoms with E-state index in [9.17, 15) is 0 Å². The maximum Gasteiger partial charge on any atom is 0.0931 e. The second-order valence-electron chi connectivity index (χ2n) is 3.93. The predicted molar refractivity (Wildman–Crippen MR) is 55.5 cm³/mol. The number of rotatable bonds is 5. The Morgan fingerprint density at radius 1 is 1.57 bits per heavy atom. The van der Waals surface area contributed by atoms with Gasteiger partial charge in [0.1, 0.15) is 0 Å². The number of nitrogens with one attached hydrogen (secondary N) is 1. The molecule has 0 bridgehead atoms. The molecular formula is C10H20N2O2. The van der Waals surface area contributed by atoms with Crippen LogP contribution >= 0.6 is 0 Å². The Hall–Kier alpha value is -0.610. The summed E-state index contributed by atoms with van der Waals surface area (Å²) in [5, 5.41) is 7.13. The molecule has 0 radical (unpaired) electrons. The van der Waals surface area contributed by atoms with Crippen LogP contribution in [0.1, 0.15) is 26.2 Å². The van der Waals surface area contributed by atoms with Crippen molar-refractivity contribution in [1.29, 1.82) is 5.41 Å². The van der Waals surface area contributed by atoms with Gasteiger partial charge in [0, 0.05) is 26.2 Å². The third-order valence-corrected chi connectivity index (χ3v) is 2.46. The van der Waals surface area contributed by atoms with Crippen molar-refractivity contribution in [3.8, 4) is 0 Å². The molecule has 1 unspecified atom stereocenters. The number of nitrogens with two attached hydrogens (primary N) is 1. The van der Waals surface area contributed by atoms with Crippen LogP contribution in [0.3, 0.4) is 0 Å². The van der Waals surface area contributed by atoms with Crippen LogP contribution < -0.4 is 5.73 Å². The third-order valence-electron chi connectivity index (χ3n) is 2.46. The van der Waals surface area contributed by atoms with Crippen LogP contribution in [0.5, 0.6) is 0 Å². The van der Waals surface area contributed by atoms with Crippen molar-refractivity contribution in [2.45, 2.75) is 32.3 Å². The standard InChI is InChI=1S/C10H20N2O2/c1-8(6-10(11)12)14-7-9-2-4-13-5-3-9/h8-9H,2-7H2,1H3,(H3,11,12). The summed E-state index contributed by atoms with van der Waals surface area (Å²) < 4.78 is 10.9. The first-order valence-electron chi connectivity index (χ1n) is 5.20. The number of hydrogen-bond acceptors (Lipinski definition) is 3. The highest BCUT2D eigenvalue weighted by Crippen LogP contribution is 2.15. The molecule has 3 N–H and O–H groups in total. The summed E-state index contributed by atoms with van der Waals surface area (Å²) in [5.41, 5.74) is 5.29. The Labute approximate surface area is 85.3 Å². The molecule has 14 heavy (non-hydrogen) atoms. The van der Waals surface area contributed by atoms with E-state index < -0.39 is 0 Å². The molecule has 1 atom stereocenters. The second kappa shape index (κ2) is 5.98. The highest BCUT2D eigenvalue weighted by atomic mass is 16.5. The minimum atomic E-state index is 0.0651. The largest absolute Gasteiger partial charge is 0.388 e. The molecule has 1 aliphatic rings. The predicted octanol–water partition coefficient (Wildman–Crippen LogP) is 1.14. The lowest BCUT2D eigenvalue weighted by molar-refractivity contribution is -0.00264. The second-order valence-corrected chi connectivity index (χ2v) is 3.93.